The molecule has 0 aliphatic carbocycles. The van der Waals surface area contributed by atoms with E-state index in [0.29, 0.717) is 6.54 Å². The summed E-state index contributed by atoms with van der Waals surface area (Å²) in [7, 11) is 1.91. The maximum absolute atomic E-state index is 12.6. The first kappa shape index (κ1) is 11.3. The van der Waals surface area contributed by atoms with Gasteiger partial charge in [-0.3, -0.25) is 4.99 Å². The molecule has 0 amide bonds. The molecule has 0 radical (unpaired) electrons. The van der Waals surface area contributed by atoms with E-state index >= 15 is 0 Å². The molecule has 0 aliphatic rings. The fourth-order valence-corrected chi connectivity index (χ4v) is 0.781. The van der Waals surface area contributed by atoms with Gasteiger partial charge < -0.3 is 5.32 Å². The Morgan fingerprint density at radius 1 is 1.58 bits per heavy atom. The van der Waals surface area contributed by atoms with Crippen LogP contribution in [-0.4, -0.2) is 26.1 Å². The van der Waals surface area contributed by atoms with Crippen LogP contribution in [0.3, 0.4) is 0 Å². The summed E-state index contributed by atoms with van der Waals surface area (Å²) >= 11 is 0. The van der Waals surface area contributed by atoms with Gasteiger partial charge in [0.1, 0.15) is 0 Å². The van der Waals surface area contributed by atoms with Crippen molar-refractivity contribution in [2.75, 3.05) is 20.1 Å². The quantitative estimate of drug-likeness (QED) is 0.480. The topological polar surface area (TPSA) is 24.4 Å². The van der Waals surface area contributed by atoms with Crippen molar-refractivity contribution in [2.45, 2.75) is 19.8 Å². The minimum atomic E-state index is -0.373. The zero-order valence-electron chi connectivity index (χ0n) is 7.81. The van der Waals surface area contributed by atoms with Crippen molar-refractivity contribution in [1.29, 1.82) is 0 Å². The number of nitrogens with zero attached hydrogens (tertiary/aromatic N) is 1. The van der Waals surface area contributed by atoms with Gasteiger partial charge in [-0.1, -0.05) is 6.08 Å². The van der Waals surface area contributed by atoms with Gasteiger partial charge >= 0.3 is 0 Å². The van der Waals surface area contributed by atoms with Gasteiger partial charge in [0.2, 0.25) is 5.97 Å². The van der Waals surface area contributed by atoms with E-state index in [2.05, 4.69) is 10.3 Å². The molecule has 0 aromatic rings. The Bertz CT molecular complexity index is 153. The molecular formula is C9H17FN2. The second-order valence-electron chi connectivity index (χ2n) is 2.45. The second-order valence-corrected chi connectivity index (χ2v) is 2.45. The van der Waals surface area contributed by atoms with Crippen molar-refractivity contribution in [3.63, 3.8) is 0 Å². The molecule has 0 heterocycles. The monoisotopic (exact) mass is 172 g/mol. The standard InChI is InChI=1S/C9H17FN2/c1-3-12-9(10)7-5-4-6-8-11-2/h5,7,11H,3-4,6,8H2,1-2H3/b7-5-,12-9+. The highest BCUT2D eigenvalue weighted by atomic mass is 19.1. The van der Waals surface area contributed by atoms with E-state index in [0.717, 1.165) is 19.4 Å². The van der Waals surface area contributed by atoms with Gasteiger partial charge in [-0.15, -0.1) is 0 Å². The van der Waals surface area contributed by atoms with Crippen LogP contribution in [0.2, 0.25) is 0 Å². The summed E-state index contributed by atoms with van der Waals surface area (Å²) in [5.74, 6) is -0.373. The van der Waals surface area contributed by atoms with Crippen molar-refractivity contribution >= 4 is 5.97 Å². The average Bonchev–Trinajstić information content (AvgIpc) is 2.05. The van der Waals surface area contributed by atoms with Gasteiger partial charge in [0.15, 0.2) is 0 Å². The third kappa shape index (κ3) is 7.41. The molecule has 0 atom stereocenters. The second kappa shape index (κ2) is 8.40. The molecule has 0 aromatic heterocycles. The first-order chi connectivity index (χ1) is 5.81. The van der Waals surface area contributed by atoms with E-state index in [4.69, 9.17) is 0 Å². The molecule has 0 rings (SSSR count). The van der Waals surface area contributed by atoms with Crippen LogP contribution in [0.4, 0.5) is 4.39 Å². The molecule has 0 unspecified atom stereocenters. The van der Waals surface area contributed by atoms with Crippen molar-refractivity contribution in [3.8, 4) is 0 Å². The molecule has 12 heavy (non-hydrogen) atoms. The molecule has 0 spiro atoms. The van der Waals surface area contributed by atoms with Crippen LogP contribution in [0.5, 0.6) is 0 Å². The first-order valence-electron chi connectivity index (χ1n) is 4.32. The Balaban J connectivity index is 3.41. The molecule has 2 nitrogen and oxygen atoms in total. The summed E-state index contributed by atoms with van der Waals surface area (Å²) in [6.45, 7) is 3.29. The summed E-state index contributed by atoms with van der Waals surface area (Å²) in [4.78, 5) is 3.59. The number of hydrogen-bond acceptors (Lipinski definition) is 2. The summed E-state index contributed by atoms with van der Waals surface area (Å²) in [6, 6.07) is 0. The molecular weight excluding hydrogens is 155 g/mol. The van der Waals surface area contributed by atoms with Crippen LogP contribution in [0.15, 0.2) is 17.1 Å². The van der Waals surface area contributed by atoms with Crippen LogP contribution in [0, 0.1) is 0 Å². The molecule has 0 aliphatic heterocycles. The van der Waals surface area contributed by atoms with Gasteiger partial charge in [0.05, 0.1) is 0 Å². The first-order valence-corrected chi connectivity index (χ1v) is 4.32. The molecule has 0 fully saturated rings. The number of halogens is 1. The SMILES string of the molecule is CC/N=C(F)\C=C/CCCNC. The van der Waals surface area contributed by atoms with E-state index < -0.39 is 0 Å². The van der Waals surface area contributed by atoms with Gasteiger partial charge in [-0.2, -0.15) is 4.39 Å². The summed E-state index contributed by atoms with van der Waals surface area (Å²) in [5, 5.41) is 3.02. The maximum atomic E-state index is 12.6. The van der Waals surface area contributed by atoms with Gasteiger partial charge in [-0.25, -0.2) is 0 Å². The van der Waals surface area contributed by atoms with Crippen molar-refractivity contribution < 1.29 is 4.39 Å². The third-order valence-corrected chi connectivity index (χ3v) is 1.36. The lowest BCUT2D eigenvalue weighted by Gasteiger charge is -1.92. The number of nitrogens with one attached hydrogen (secondary N) is 1. The Morgan fingerprint density at radius 3 is 2.92 bits per heavy atom. The lowest BCUT2D eigenvalue weighted by atomic mass is 10.3. The predicted octanol–water partition coefficient (Wildman–Crippen LogP) is 1.93. The van der Waals surface area contributed by atoms with Crippen LogP contribution in [-0.2, 0) is 0 Å². The molecule has 1 N–H and O–H groups in total. The van der Waals surface area contributed by atoms with E-state index in [1.807, 2.05) is 20.0 Å². The molecule has 70 valence electrons. The molecule has 0 saturated heterocycles. The fraction of sp³-hybridized carbons (Fsp3) is 0.667. The van der Waals surface area contributed by atoms with Crippen molar-refractivity contribution in [1.82, 2.24) is 5.32 Å². The average molecular weight is 172 g/mol. The largest absolute Gasteiger partial charge is 0.320 e. The number of aliphatic imine (C=N–C) groups is 1. The smallest absolute Gasteiger partial charge is 0.207 e. The van der Waals surface area contributed by atoms with Crippen LogP contribution >= 0.6 is 0 Å². The van der Waals surface area contributed by atoms with E-state index in [-0.39, 0.29) is 5.97 Å². The minimum absolute atomic E-state index is 0.373. The van der Waals surface area contributed by atoms with Gasteiger partial charge in [0.25, 0.3) is 0 Å². The lowest BCUT2D eigenvalue weighted by molar-refractivity contribution is 0.734. The number of hydrogen-bond donors (Lipinski definition) is 1. The molecule has 0 saturated carbocycles. The number of rotatable bonds is 6. The molecule has 0 bridgehead atoms. The highest BCUT2D eigenvalue weighted by molar-refractivity contribution is 5.86. The third-order valence-electron chi connectivity index (χ3n) is 1.36. The van der Waals surface area contributed by atoms with Gasteiger partial charge in [-0.05, 0) is 39.4 Å². The minimum Gasteiger partial charge on any atom is -0.320 e. The summed E-state index contributed by atoms with van der Waals surface area (Å²) in [5.41, 5.74) is 0. The molecule has 0 aromatic carbocycles. The van der Waals surface area contributed by atoms with E-state index in [9.17, 15) is 4.39 Å². The highest BCUT2D eigenvalue weighted by Gasteiger charge is 1.86. The van der Waals surface area contributed by atoms with E-state index in [1.54, 1.807) is 0 Å². The Kier molecular flexibility index (Phi) is 7.91. The predicted molar refractivity (Wildman–Crippen MR) is 51.4 cm³/mol. The Hall–Kier alpha value is -0.700. The summed E-state index contributed by atoms with van der Waals surface area (Å²) in [6.07, 6.45) is 5.17. The number of unbranched alkanes of at least 4 members (excludes halogenated alkanes) is 1. The summed E-state index contributed by atoms with van der Waals surface area (Å²) < 4.78 is 12.6. The Morgan fingerprint density at radius 2 is 2.33 bits per heavy atom. The molecule has 3 heteroatoms. The lowest BCUT2D eigenvalue weighted by Crippen LogP contribution is -2.06. The fourth-order valence-electron chi connectivity index (χ4n) is 0.781. The zero-order valence-corrected chi connectivity index (χ0v) is 7.81. The maximum Gasteiger partial charge on any atom is 0.207 e. The van der Waals surface area contributed by atoms with Gasteiger partial charge in [0, 0.05) is 6.54 Å². The van der Waals surface area contributed by atoms with Crippen LogP contribution in [0.25, 0.3) is 0 Å². The van der Waals surface area contributed by atoms with Crippen molar-refractivity contribution in [3.05, 3.63) is 12.2 Å². The zero-order chi connectivity index (χ0) is 9.23. The van der Waals surface area contributed by atoms with Crippen LogP contribution < -0.4 is 5.32 Å². The normalized spacial score (nSPS) is 12.8. The van der Waals surface area contributed by atoms with Crippen LogP contribution in [0.1, 0.15) is 19.8 Å². The highest BCUT2D eigenvalue weighted by Crippen LogP contribution is 1.91. The Labute approximate surface area is 73.6 Å². The van der Waals surface area contributed by atoms with E-state index in [1.165, 1.54) is 6.08 Å². The number of allylic oxidation sites excluding steroid dienone is 2. The van der Waals surface area contributed by atoms with Crippen molar-refractivity contribution in [2.24, 2.45) is 4.99 Å².